The number of para-hydroxylation sites is 1. The van der Waals surface area contributed by atoms with Crippen LogP contribution in [0.1, 0.15) is 39.5 Å². The Morgan fingerprint density at radius 1 is 1.37 bits per heavy atom. The first-order chi connectivity index (χ1) is 8.79. The smallest absolute Gasteiger partial charge is 0.169 e. The molecule has 19 heavy (non-hydrogen) atoms. The molecule has 0 bridgehead atoms. The van der Waals surface area contributed by atoms with Crippen molar-refractivity contribution in [2.45, 2.75) is 38.5 Å². The van der Waals surface area contributed by atoms with Gasteiger partial charge in [0, 0.05) is 16.7 Å². The third-order valence-electron chi connectivity index (χ3n) is 2.78. The molecule has 1 N–H and O–H groups in total. The molecule has 0 aliphatic heterocycles. The Balaban J connectivity index is 2.22. The first kappa shape index (κ1) is 14.4. The summed E-state index contributed by atoms with van der Waals surface area (Å²) in [6.45, 7) is 7.52. The van der Waals surface area contributed by atoms with E-state index in [0.717, 1.165) is 0 Å². The number of hydrogen-bond acceptors (Lipinski definition) is 3. The van der Waals surface area contributed by atoms with Crippen LogP contribution in [0.5, 0.6) is 0 Å². The fraction of sp³-hybridized carbons (Fsp3) is 0.429. The Bertz CT molecular complexity index is 576. The Morgan fingerprint density at radius 2 is 2.05 bits per heavy atom. The molecular weight excluding hydrogens is 265 g/mol. The molecule has 2 atom stereocenters. The average molecular weight is 283 g/mol. The van der Waals surface area contributed by atoms with Crippen molar-refractivity contribution in [1.29, 1.82) is 0 Å². The van der Waals surface area contributed by atoms with Gasteiger partial charge in [0.2, 0.25) is 0 Å². The zero-order valence-corrected chi connectivity index (χ0v) is 12.3. The molecule has 0 spiro atoms. The van der Waals surface area contributed by atoms with Crippen LogP contribution in [0, 0.1) is 5.82 Å². The van der Waals surface area contributed by atoms with E-state index < -0.39 is 11.4 Å². The fourth-order valence-electron chi connectivity index (χ4n) is 1.66. The van der Waals surface area contributed by atoms with Gasteiger partial charge in [0.25, 0.3) is 0 Å². The molecule has 0 amide bonds. The van der Waals surface area contributed by atoms with E-state index in [1.165, 1.54) is 6.07 Å². The van der Waals surface area contributed by atoms with Gasteiger partial charge in [0.15, 0.2) is 11.4 Å². The van der Waals surface area contributed by atoms with E-state index in [9.17, 15) is 8.94 Å². The summed E-state index contributed by atoms with van der Waals surface area (Å²) in [5, 5.41) is 0.713. The standard InChI is InChI=1S/C14H18FNO2S/c1-9(16-19(17)14(2,3)4)12-8-10-6-5-7-11(15)13(10)18-12/h5-9,16H,1-4H3/t9?,19-/m0/s1. The van der Waals surface area contributed by atoms with E-state index in [1.807, 2.05) is 27.7 Å². The van der Waals surface area contributed by atoms with Crippen molar-refractivity contribution in [3.8, 4) is 0 Å². The van der Waals surface area contributed by atoms with Gasteiger partial charge >= 0.3 is 0 Å². The van der Waals surface area contributed by atoms with Crippen LogP contribution in [0.4, 0.5) is 4.39 Å². The first-order valence-electron chi connectivity index (χ1n) is 6.15. The molecule has 2 rings (SSSR count). The second-order valence-corrected chi connectivity index (χ2v) is 7.53. The van der Waals surface area contributed by atoms with Crippen LogP contribution >= 0.6 is 0 Å². The maximum absolute atomic E-state index is 13.5. The summed E-state index contributed by atoms with van der Waals surface area (Å²) in [4.78, 5) is 0. The number of halogens is 1. The van der Waals surface area contributed by atoms with Gasteiger partial charge in [0.05, 0.1) is 0 Å². The van der Waals surface area contributed by atoms with E-state index in [2.05, 4.69) is 4.72 Å². The molecule has 0 radical (unpaired) electrons. The second-order valence-electron chi connectivity index (χ2n) is 5.53. The van der Waals surface area contributed by atoms with Gasteiger partial charge in [-0.2, -0.15) is 0 Å². The lowest BCUT2D eigenvalue weighted by Crippen LogP contribution is -2.40. The average Bonchev–Trinajstić information content (AvgIpc) is 2.73. The van der Waals surface area contributed by atoms with Crippen LogP contribution in [-0.2, 0) is 11.4 Å². The van der Waals surface area contributed by atoms with Crippen molar-refractivity contribution >= 4 is 22.3 Å². The van der Waals surface area contributed by atoms with Crippen molar-refractivity contribution in [3.63, 3.8) is 0 Å². The molecule has 1 heterocycles. The Hall–Kier alpha value is -1.04. The van der Waals surface area contributed by atoms with Crippen LogP contribution in [0.2, 0.25) is 0 Å². The van der Waals surface area contributed by atoms with Gasteiger partial charge in [-0.15, -0.1) is 4.72 Å². The summed E-state index contributed by atoms with van der Waals surface area (Å²) in [6.07, 6.45) is 0. The topological polar surface area (TPSA) is 48.2 Å². The minimum atomic E-state index is -1.20. The SMILES string of the molecule is CC(N[S@@+]([O-])C(C)(C)C)c1cc2cccc(F)c2o1. The highest BCUT2D eigenvalue weighted by Crippen LogP contribution is 2.27. The Kier molecular flexibility index (Phi) is 3.90. The van der Waals surface area contributed by atoms with Gasteiger partial charge in [-0.25, -0.2) is 4.39 Å². The summed E-state index contributed by atoms with van der Waals surface area (Å²) < 4.78 is 33.7. The molecule has 0 aliphatic rings. The summed E-state index contributed by atoms with van der Waals surface area (Å²) in [6, 6.07) is 6.32. The zero-order chi connectivity index (χ0) is 14.2. The minimum Gasteiger partial charge on any atom is -0.598 e. The van der Waals surface area contributed by atoms with E-state index in [-0.39, 0.29) is 22.2 Å². The molecule has 0 saturated heterocycles. The van der Waals surface area contributed by atoms with Crippen molar-refractivity contribution in [3.05, 3.63) is 35.8 Å². The number of nitrogens with one attached hydrogen (secondary N) is 1. The predicted molar refractivity (Wildman–Crippen MR) is 75.6 cm³/mol. The maximum Gasteiger partial charge on any atom is 0.169 e. The van der Waals surface area contributed by atoms with Crippen LogP contribution < -0.4 is 4.72 Å². The number of furan rings is 1. The first-order valence-corrected chi connectivity index (χ1v) is 7.30. The van der Waals surface area contributed by atoms with Crippen LogP contribution in [0.15, 0.2) is 28.7 Å². The van der Waals surface area contributed by atoms with Crippen molar-refractivity contribution in [2.24, 2.45) is 0 Å². The molecule has 1 unspecified atom stereocenters. The quantitative estimate of drug-likeness (QED) is 0.874. The fourth-order valence-corrected chi connectivity index (χ4v) is 2.45. The molecule has 0 aliphatic carbocycles. The third kappa shape index (κ3) is 3.11. The lowest BCUT2D eigenvalue weighted by atomic mass is 10.2. The summed E-state index contributed by atoms with van der Waals surface area (Å²) in [7, 11) is 0. The summed E-state index contributed by atoms with van der Waals surface area (Å²) in [5.74, 6) is 0.200. The highest BCUT2D eigenvalue weighted by Gasteiger charge is 2.29. The van der Waals surface area contributed by atoms with Gasteiger partial charge in [-0.05, 0) is 39.8 Å². The molecule has 5 heteroatoms. The van der Waals surface area contributed by atoms with Gasteiger partial charge in [0.1, 0.15) is 16.5 Å². The molecule has 3 nitrogen and oxygen atoms in total. The van der Waals surface area contributed by atoms with E-state index >= 15 is 0 Å². The van der Waals surface area contributed by atoms with Crippen LogP contribution in [-0.4, -0.2) is 9.30 Å². The number of hydrogen-bond donors (Lipinski definition) is 1. The molecular formula is C14H18FNO2S. The Labute approximate surface area is 115 Å². The molecule has 1 aromatic carbocycles. The van der Waals surface area contributed by atoms with Crippen LogP contribution in [0.25, 0.3) is 11.0 Å². The van der Waals surface area contributed by atoms with E-state index in [4.69, 9.17) is 4.42 Å². The molecule has 0 saturated carbocycles. The molecule has 2 aromatic rings. The Morgan fingerprint density at radius 3 is 2.63 bits per heavy atom. The molecule has 1 aromatic heterocycles. The molecule has 0 fully saturated rings. The van der Waals surface area contributed by atoms with Crippen LogP contribution in [0.3, 0.4) is 0 Å². The third-order valence-corrected chi connectivity index (χ3v) is 4.46. The van der Waals surface area contributed by atoms with Crippen molar-refractivity contribution < 1.29 is 13.4 Å². The van der Waals surface area contributed by atoms with E-state index in [1.54, 1.807) is 18.2 Å². The van der Waals surface area contributed by atoms with E-state index in [0.29, 0.717) is 11.1 Å². The van der Waals surface area contributed by atoms with Gasteiger partial charge in [-0.3, -0.25) is 0 Å². The lowest BCUT2D eigenvalue weighted by molar-refractivity contribution is 0.465. The van der Waals surface area contributed by atoms with Crippen molar-refractivity contribution in [1.82, 2.24) is 4.72 Å². The number of fused-ring (bicyclic) bond motifs is 1. The summed E-state index contributed by atoms with van der Waals surface area (Å²) in [5.41, 5.74) is 0.243. The summed E-state index contributed by atoms with van der Waals surface area (Å²) >= 11 is -1.20. The lowest BCUT2D eigenvalue weighted by Gasteiger charge is -2.25. The molecule has 104 valence electrons. The van der Waals surface area contributed by atoms with Gasteiger partial charge < -0.3 is 8.97 Å². The second kappa shape index (κ2) is 5.15. The predicted octanol–water partition coefficient (Wildman–Crippen LogP) is 3.68. The minimum absolute atomic E-state index is 0.243. The number of rotatable bonds is 3. The number of benzene rings is 1. The normalized spacial score (nSPS) is 15.7. The van der Waals surface area contributed by atoms with Crippen molar-refractivity contribution in [2.75, 3.05) is 0 Å². The maximum atomic E-state index is 13.5. The monoisotopic (exact) mass is 283 g/mol. The van der Waals surface area contributed by atoms with Gasteiger partial charge in [-0.1, -0.05) is 12.1 Å². The zero-order valence-electron chi connectivity index (χ0n) is 11.5. The highest BCUT2D eigenvalue weighted by atomic mass is 32.2. The largest absolute Gasteiger partial charge is 0.598 e. The highest BCUT2D eigenvalue weighted by molar-refractivity contribution is 7.90.